The van der Waals surface area contributed by atoms with Crippen LogP contribution in [0.5, 0.6) is 0 Å². The molecule has 1 atom stereocenters. The second-order valence-electron chi connectivity index (χ2n) is 5.17. The molecular weight excluding hydrogens is 270 g/mol. The number of rotatable bonds is 7. The largest absolute Gasteiger partial charge is 0.382 e. The summed E-state index contributed by atoms with van der Waals surface area (Å²) in [4.78, 5) is 31.9. The van der Waals surface area contributed by atoms with Gasteiger partial charge in [-0.1, -0.05) is 20.8 Å². The lowest BCUT2D eigenvalue weighted by Gasteiger charge is -2.15. The third-order valence-electron chi connectivity index (χ3n) is 2.88. The monoisotopic (exact) mass is 293 g/mol. The molecule has 1 heterocycles. The first kappa shape index (κ1) is 16.9. The van der Waals surface area contributed by atoms with Crippen LogP contribution >= 0.6 is 0 Å². The number of primary amides is 1. The number of carbonyl (C=O) groups is 2. The van der Waals surface area contributed by atoms with Gasteiger partial charge in [-0.25, -0.2) is 9.97 Å². The molecule has 116 valence electrons. The van der Waals surface area contributed by atoms with E-state index in [9.17, 15) is 9.59 Å². The summed E-state index contributed by atoms with van der Waals surface area (Å²) in [5.41, 5.74) is 5.94. The number of nitrogens with two attached hydrogens (primary N) is 1. The van der Waals surface area contributed by atoms with E-state index in [0.29, 0.717) is 18.1 Å². The highest BCUT2D eigenvalue weighted by Crippen LogP contribution is 2.16. The number of nitrogens with zero attached hydrogens (tertiary/aromatic N) is 2. The molecule has 0 radical (unpaired) electrons. The Morgan fingerprint density at radius 1 is 1.33 bits per heavy atom. The zero-order valence-corrected chi connectivity index (χ0v) is 12.9. The summed E-state index contributed by atoms with van der Waals surface area (Å²) in [7, 11) is 0. The molecule has 0 bridgehead atoms. The standard InChI is InChI=1S/C14H23N5O2/c1-5-6-16-10-7-17-13(8(2)3)19-11(10)14(21)18-9(4)12(15)20/h7-9,16H,5-6H2,1-4H3,(H2,15,20)(H,18,21). The van der Waals surface area contributed by atoms with Gasteiger partial charge in [0.25, 0.3) is 5.91 Å². The van der Waals surface area contributed by atoms with E-state index in [1.54, 1.807) is 6.20 Å². The highest BCUT2D eigenvalue weighted by Gasteiger charge is 2.19. The Kier molecular flexibility index (Phi) is 6.08. The van der Waals surface area contributed by atoms with Gasteiger partial charge in [0.15, 0.2) is 5.69 Å². The Bertz CT molecular complexity index is 516. The van der Waals surface area contributed by atoms with Crippen molar-refractivity contribution in [3.8, 4) is 0 Å². The molecule has 4 N–H and O–H groups in total. The molecule has 2 amide bonds. The van der Waals surface area contributed by atoms with Crippen molar-refractivity contribution in [3.63, 3.8) is 0 Å². The molecule has 0 saturated heterocycles. The number of carbonyl (C=O) groups excluding carboxylic acids is 2. The van der Waals surface area contributed by atoms with Crippen LogP contribution < -0.4 is 16.4 Å². The Morgan fingerprint density at radius 3 is 2.52 bits per heavy atom. The van der Waals surface area contributed by atoms with Crippen molar-refractivity contribution in [3.05, 3.63) is 17.7 Å². The number of anilines is 1. The number of amides is 2. The molecule has 7 nitrogen and oxygen atoms in total. The van der Waals surface area contributed by atoms with Crippen molar-refractivity contribution < 1.29 is 9.59 Å². The molecule has 0 aliphatic carbocycles. The molecule has 1 unspecified atom stereocenters. The van der Waals surface area contributed by atoms with Crippen LogP contribution in [0.25, 0.3) is 0 Å². The molecule has 0 aliphatic heterocycles. The predicted octanol–water partition coefficient (Wildman–Crippen LogP) is 1.03. The number of hydrogen-bond acceptors (Lipinski definition) is 5. The fraction of sp³-hybridized carbons (Fsp3) is 0.571. The summed E-state index contributed by atoms with van der Waals surface area (Å²) < 4.78 is 0. The van der Waals surface area contributed by atoms with Crippen molar-refractivity contribution in [1.29, 1.82) is 0 Å². The van der Waals surface area contributed by atoms with Gasteiger partial charge in [0.1, 0.15) is 11.9 Å². The van der Waals surface area contributed by atoms with Gasteiger partial charge >= 0.3 is 0 Å². The van der Waals surface area contributed by atoms with Gasteiger partial charge in [-0.3, -0.25) is 9.59 Å². The minimum atomic E-state index is -0.756. The van der Waals surface area contributed by atoms with Gasteiger partial charge < -0.3 is 16.4 Å². The van der Waals surface area contributed by atoms with Crippen LogP contribution in [0.4, 0.5) is 5.69 Å². The van der Waals surface area contributed by atoms with Crippen LogP contribution in [0.15, 0.2) is 6.20 Å². The molecule has 1 aromatic heterocycles. The Labute approximate surface area is 124 Å². The van der Waals surface area contributed by atoms with Gasteiger partial charge in [0.2, 0.25) is 5.91 Å². The first-order valence-electron chi connectivity index (χ1n) is 7.07. The average Bonchev–Trinajstić information content (AvgIpc) is 2.44. The van der Waals surface area contributed by atoms with Crippen molar-refractivity contribution in [2.45, 2.75) is 46.1 Å². The maximum absolute atomic E-state index is 12.3. The topological polar surface area (TPSA) is 110 Å². The van der Waals surface area contributed by atoms with Crippen molar-refractivity contribution in [1.82, 2.24) is 15.3 Å². The smallest absolute Gasteiger partial charge is 0.272 e. The molecule has 0 aliphatic rings. The predicted molar refractivity (Wildman–Crippen MR) is 81.0 cm³/mol. The second-order valence-corrected chi connectivity index (χ2v) is 5.17. The SMILES string of the molecule is CCCNc1cnc(C(C)C)nc1C(=O)NC(C)C(N)=O. The van der Waals surface area contributed by atoms with Gasteiger partial charge in [0.05, 0.1) is 11.9 Å². The van der Waals surface area contributed by atoms with E-state index >= 15 is 0 Å². The zero-order valence-electron chi connectivity index (χ0n) is 12.9. The molecule has 1 rings (SSSR count). The maximum Gasteiger partial charge on any atom is 0.272 e. The van der Waals surface area contributed by atoms with Crippen LogP contribution in [-0.4, -0.2) is 34.4 Å². The quantitative estimate of drug-likeness (QED) is 0.695. The number of aromatic nitrogens is 2. The summed E-state index contributed by atoms with van der Waals surface area (Å²) in [6.45, 7) is 8.15. The van der Waals surface area contributed by atoms with Crippen LogP contribution in [0.3, 0.4) is 0 Å². The number of hydrogen-bond donors (Lipinski definition) is 3. The van der Waals surface area contributed by atoms with Crippen LogP contribution in [0.2, 0.25) is 0 Å². The fourth-order valence-corrected chi connectivity index (χ4v) is 1.57. The summed E-state index contributed by atoms with van der Waals surface area (Å²) >= 11 is 0. The summed E-state index contributed by atoms with van der Waals surface area (Å²) in [6.07, 6.45) is 2.51. The van der Waals surface area contributed by atoms with Gasteiger partial charge in [0, 0.05) is 12.5 Å². The first-order chi connectivity index (χ1) is 9.86. The molecule has 21 heavy (non-hydrogen) atoms. The van der Waals surface area contributed by atoms with E-state index in [1.165, 1.54) is 6.92 Å². The van der Waals surface area contributed by atoms with Crippen LogP contribution in [0, 0.1) is 0 Å². The maximum atomic E-state index is 12.3. The van der Waals surface area contributed by atoms with Gasteiger partial charge in [-0.15, -0.1) is 0 Å². The molecule has 0 saturated carbocycles. The summed E-state index contributed by atoms with van der Waals surface area (Å²) in [5.74, 6) is -0.354. The third-order valence-corrected chi connectivity index (χ3v) is 2.88. The highest BCUT2D eigenvalue weighted by atomic mass is 16.2. The van der Waals surface area contributed by atoms with Crippen molar-refractivity contribution in [2.75, 3.05) is 11.9 Å². The Hall–Kier alpha value is -2.18. The first-order valence-corrected chi connectivity index (χ1v) is 7.07. The summed E-state index contributed by atoms with van der Waals surface area (Å²) in [6, 6.07) is -0.756. The Morgan fingerprint density at radius 2 is 2.00 bits per heavy atom. The molecule has 7 heteroatoms. The minimum absolute atomic E-state index is 0.102. The van der Waals surface area contributed by atoms with Gasteiger partial charge in [-0.05, 0) is 13.3 Å². The van der Waals surface area contributed by atoms with Crippen molar-refractivity contribution >= 4 is 17.5 Å². The fourth-order valence-electron chi connectivity index (χ4n) is 1.57. The lowest BCUT2D eigenvalue weighted by atomic mass is 10.2. The number of nitrogens with one attached hydrogen (secondary N) is 2. The zero-order chi connectivity index (χ0) is 16.0. The lowest BCUT2D eigenvalue weighted by molar-refractivity contribution is -0.119. The minimum Gasteiger partial charge on any atom is -0.382 e. The van der Waals surface area contributed by atoms with E-state index in [0.717, 1.165) is 6.42 Å². The Balaban J connectivity index is 3.06. The van der Waals surface area contributed by atoms with E-state index < -0.39 is 17.9 Å². The van der Waals surface area contributed by atoms with Gasteiger partial charge in [-0.2, -0.15) is 0 Å². The molecular formula is C14H23N5O2. The summed E-state index contributed by atoms with van der Waals surface area (Å²) in [5, 5.41) is 5.65. The van der Waals surface area contributed by atoms with Crippen molar-refractivity contribution in [2.24, 2.45) is 5.73 Å². The second kappa shape index (κ2) is 7.56. The normalized spacial score (nSPS) is 12.0. The lowest BCUT2D eigenvalue weighted by Crippen LogP contribution is -2.42. The van der Waals surface area contributed by atoms with E-state index in [-0.39, 0.29) is 11.6 Å². The molecule has 1 aromatic rings. The molecule has 0 aromatic carbocycles. The van der Waals surface area contributed by atoms with E-state index in [1.807, 2.05) is 20.8 Å². The average molecular weight is 293 g/mol. The molecule has 0 fully saturated rings. The van der Waals surface area contributed by atoms with Crippen LogP contribution in [-0.2, 0) is 4.79 Å². The highest BCUT2D eigenvalue weighted by molar-refractivity contribution is 5.99. The molecule has 0 spiro atoms. The third kappa shape index (κ3) is 4.70. The van der Waals surface area contributed by atoms with Crippen LogP contribution in [0.1, 0.15) is 56.3 Å². The van der Waals surface area contributed by atoms with E-state index in [2.05, 4.69) is 20.6 Å². The van der Waals surface area contributed by atoms with E-state index in [4.69, 9.17) is 5.73 Å².